The second-order valence-electron chi connectivity index (χ2n) is 5.01. The fraction of sp³-hybridized carbons (Fsp3) is 0.0556. The Hall–Kier alpha value is -1.000. The molecule has 24 heavy (non-hydrogen) atoms. The maximum atomic E-state index is 12.0. The van der Waals surface area contributed by atoms with Crippen molar-refractivity contribution < 1.29 is 13.2 Å². The van der Waals surface area contributed by atoms with Crippen molar-refractivity contribution in [3.8, 4) is 0 Å². The molecule has 0 aliphatic heterocycles. The van der Waals surface area contributed by atoms with E-state index in [1.807, 2.05) is 48.5 Å². The van der Waals surface area contributed by atoms with Gasteiger partial charge in [0.05, 0.1) is 0 Å². The molecule has 0 aromatic heterocycles. The van der Waals surface area contributed by atoms with Gasteiger partial charge in [-0.1, -0.05) is 30.3 Å². The van der Waals surface area contributed by atoms with Crippen LogP contribution in [0.4, 0.5) is 0 Å². The molecule has 0 heterocycles. The number of rotatable bonds is 6. The largest absolute Gasteiger partial charge is 0.294 e. The summed E-state index contributed by atoms with van der Waals surface area (Å²) in [7, 11) is -3.58. The number of carbonyl (C=O) groups is 1. The number of hydrogen-bond donors (Lipinski definition) is 0. The normalized spacial score (nSPS) is 12.1. The lowest BCUT2D eigenvalue weighted by Crippen LogP contribution is -2.11. The summed E-state index contributed by atoms with van der Waals surface area (Å²) < 4.78 is 26.2. The Labute approximate surface area is 169 Å². The van der Waals surface area contributed by atoms with Gasteiger partial charge in [0, 0.05) is 12.5 Å². The van der Waals surface area contributed by atoms with Crippen LogP contribution in [-0.2, 0) is 14.6 Å². The molecular weight excluding hydrogens is 550 g/mol. The van der Waals surface area contributed by atoms with Crippen LogP contribution in [0, 0.1) is 7.14 Å². The smallest absolute Gasteiger partial charge is 0.179 e. The van der Waals surface area contributed by atoms with E-state index in [0.717, 1.165) is 23.7 Å². The second-order valence-corrected chi connectivity index (χ2v) is 9.39. The summed E-state index contributed by atoms with van der Waals surface area (Å²) in [6, 6.07) is 15.0. The van der Waals surface area contributed by atoms with Crippen molar-refractivity contribution in [2.45, 2.75) is 0 Å². The van der Waals surface area contributed by atoms with Crippen molar-refractivity contribution in [3.63, 3.8) is 0 Å². The maximum absolute atomic E-state index is 12.0. The van der Waals surface area contributed by atoms with Crippen molar-refractivity contribution >= 4 is 73.0 Å². The zero-order valence-corrected chi connectivity index (χ0v) is 17.7. The van der Waals surface area contributed by atoms with Crippen LogP contribution in [0.1, 0.15) is 11.1 Å². The predicted octanol–water partition coefficient (Wildman–Crippen LogP) is 4.56. The third kappa shape index (κ3) is 6.86. The van der Waals surface area contributed by atoms with Crippen LogP contribution >= 0.6 is 45.2 Å². The van der Waals surface area contributed by atoms with Gasteiger partial charge < -0.3 is 0 Å². The Kier molecular flexibility index (Phi) is 7.17. The van der Waals surface area contributed by atoms with Gasteiger partial charge in [0.25, 0.3) is 0 Å². The highest BCUT2D eigenvalue weighted by Gasteiger charge is 2.11. The predicted molar refractivity (Wildman–Crippen MR) is 115 cm³/mol. The molecule has 2 aromatic carbocycles. The van der Waals surface area contributed by atoms with Gasteiger partial charge in [-0.2, -0.15) is 0 Å². The van der Waals surface area contributed by atoms with Gasteiger partial charge in [-0.05, 0) is 92.7 Å². The number of sulfone groups is 1. The third-order valence-corrected chi connectivity index (χ3v) is 5.69. The minimum atomic E-state index is -3.58. The number of carbonyl (C=O) groups excluding carboxylic acids is 1. The molecule has 2 aromatic rings. The molecule has 2 rings (SSSR count). The van der Waals surface area contributed by atoms with Gasteiger partial charge in [-0.25, -0.2) is 8.42 Å². The molecule has 3 nitrogen and oxygen atoms in total. The van der Waals surface area contributed by atoms with Crippen molar-refractivity contribution in [2.75, 3.05) is 5.75 Å². The molecular formula is C18H14I2O3S. The fourth-order valence-electron chi connectivity index (χ4n) is 1.81. The summed E-state index contributed by atoms with van der Waals surface area (Å²) in [5.74, 6) is -0.977. The number of halogens is 2. The molecule has 0 saturated heterocycles. The molecule has 0 atom stereocenters. The quantitative estimate of drug-likeness (QED) is 0.382. The number of allylic oxidation sites excluding steroid dienone is 1. The molecule has 0 unspecified atom stereocenters. The van der Waals surface area contributed by atoms with E-state index < -0.39 is 21.4 Å². The lowest BCUT2D eigenvalue weighted by molar-refractivity contribution is -0.112. The summed E-state index contributed by atoms with van der Waals surface area (Å²) in [4.78, 5) is 11.9. The Morgan fingerprint density at radius 1 is 0.833 bits per heavy atom. The second kappa shape index (κ2) is 8.91. The van der Waals surface area contributed by atoms with E-state index in [-0.39, 0.29) is 0 Å². The third-order valence-electron chi connectivity index (χ3n) is 3.01. The highest BCUT2D eigenvalue weighted by molar-refractivity contribution is 14.1. The topological polar surface area (TPSA) is 51.2 Å². The van der Waals surface area contributed by atoms with Crippen LogP contribution in [0.15, 0.2) is 60.0 Å². The lowest BCUT2D eigenvalue weighted by Gasteiger charge is -1.97. The van der Waals surface area contributed by atoms with Crippen molar-refractivity contribution in [1.82, 2.24) is 0 Å². The van der Waals surface area contributed by atoms with E-state index in [4.69, 9.17) is 0 Å². The van der Waals surface area contributed by atoms with E-state index in [1.54, 1.807) is 6.08 Å². The molecule has 0 bridgehead atoms. The molecule has 0 spiro atoms. The van der Waals surface area contributed by atoms with Crippen molar-refractivity contribution in [3.05, 3.63) is 78.3 Å². The minimum absolute atomic E-state index is 0.444. The van der Waals surface area contributed by atoms with Gasteiger partial charge in [0.2, 0.25) is 0 Å². The Balaban J connectivity index is 1.98. The Morgan fingerprint density at radius 2 is 1.29 bits per heavy atom. The minimum Gasteiger partial charge on any atom is -0.294 e. The van der Waals surface area contributed by atoms with Crippen LogP contribution in [-0.4, -0.2) is 20.0 Å². The van der Waals surface area contributed by atoms with Crippen molar-refractivity contribution in [2.24, 2.45) is 0 Å². The van der Waals surface area contributed by atoms with Crippen LogP contribution in [0.25, 0.3) is 12.2 Å². The van der Waals surface area contributed by atoms with E-state index >= 15 is 0 Å². The molecule has 0 saturated carbocycles. The zero-order valence-electron chi connectivity index (χ0n) is 12.5. The van der Waals surface area contributed by atoms with Crippen LogP contribution in [0.2, 0.25) is 0 Å². The monoisotopic (exact) mass is 564 g/mol. The molecule has 0 N–H and O–H groups in total. The summed E-state index contributed by atoms with van der Waals surface area (Å²) in [5, 5.41) is 1.09. The highest BCUT2D eigenvalue weighted by atomic mass is 127. The molecule has 124 valence electrons. The van der Waals surface area contributed by atoms with Crippen LogP contribution in [0.3, 0.4) is 0 Å². The van der Waals surface area contributed by atoms with Gasteiger partial charge in [-0.3, -0.25) is 4.79 Å². The van der Waals surface area contributed by atoms with Gasteiger partial charge >= 0.3 is 0 Å². The molecule has 0 aliphatic rings. The van der Waals surface area contributed by atoms with Gasteiger partial charge in [-0.15, -0.1) is 0 Å². The molecule has 0 amide bonds. The average Bonchev–Trinajstić information content (AvgIpc) is 2.53. The first-order valence-electron chi connectivity index (χ1n) is 6.97. The molecule has 6 heteroatoms. The number of ketones is 1. The average molecular weight is 564 g/mol. The zero-order chi connectivity index (χ0) is 17.6. The first-order chi connectivity index (χ1) is 11.3. The van der Waals surface area contributed by atoms with Crippen LogP contribution in [0.5, 0.6) is 0 Å². The van der Waals surface area contributed by atoms with E-state index in [1.165, 1.54) is 12.2 Å². The van der Waals surface area contributed by atoms with Gasteiger partial charge in [0.1, 0.15) is 5.75 Å². The first-order valence-corrected chi connectivity index (χ1v) is 10.8. The number of hydrogen-bond acceptors (Lipinski definition) is 3. The van der Waals surface area contributed by atoms with E-state index in [9.17, 15) is 13.2 Å². The van der Waals surface area contributed by atoms with Crippen LogP contribution < -0.4 is 0 Å². The highest BCUT2D eigenvalue weighted by Crippen LogP contribution is 2.10. The standard InChI is InChI=1S/C18H14I2O3S/c19-16-6-1-14(2-7-16)5-10-18(21)13-24(22,23)12-11-15-3-8-17(20)9-4-15/h1-12H,13H2/b10-5-,12-11+. The van der Waals surface area contributed by atoms with E-state index in [2.05, 4.69) is 45.2 Å². The van der Waals surface area contributed by atoms with E-state index in [0.29, 0.717) is 0 Å². The first kappa shape index (κ1) is 19.3. The maximum Gasteiger partial charge on any atom is 0.179 e. The lowest BCUT2D eigenvalue weighted by atomic mass is 10.2. The summed E-state index contributed by atoms with van der Waals surface area (Å²) in [6.07, 6.45) is 4.43. The summed E-state index contributed by atoms with van der Waals surface area (Å²) in [6.45, 7) is 0. The SMILES string of the molecule is O=C(/C=C\c1ccc(I)cc1)CS(=O)(=O)/C=C/c1ccc(I)cc1. The van der Waals surface area contributed by atoms with Gasteiger partial charge in [0.15, 0.2) is 15.6 Å². The van der Waals surface area contributed by atoms with Crippen molar-refractivity contribution in [1.29, 1.82) is 0 Å². The summed E-state index contributed by atoms with van der Waals surface area (Å²) >= 11 is 4.37. The Morgan fingerprint density at radius 3 is 1.79 bits per heavy atom. The fourth-order valence-corrected chi connectivity index (χ4v) is 3.49. The summed E-state index contributed by atoms with van der Waals surface area (Å²) in [5.41, 5.74) is 1.64. The molecule has 0 fully saturated rings. The molecule has 0 radical (unpaired) electrons. The number of benzene rings is 2. The molecule has 0 aliphatic carbocycles. The Bertz CT molecular complexity index is 865.